The molecule has 9 nitrogen and oxygen atoms in total. The van der Waals surface area contributed by atoms with E-state index in [1.165, 1.54) is 28.0 Å². The van der Waals surface area contributed by atoms with Crippen molar-refractivity contribution in [2.45, 2.75) is 10.8 Å². The molecule has 0 saturated carbocycles. The third-order valence-corrected chi connectivity index (χ3v) is 7.57. The van der Waals surface area contributed by atoms with Crippen LogP contribution in [0.25, 0.3) is 0 Å². The van der Waals surface area contributed by atoms with Crippen LogP contribution < -0.4 is 10.2 Å². The molecule has 0 radical (unpaired) electrons. The Hall–Kier alpha value is -3.57. The van der Waals surface area contributed by atoms with Crippen LogP contribution >= 0.6 is 23.1 Å². The van der Waals surface area contributed by atoms with E-state index >= 15 is 0 Å². The summed E-state index contributed by atoms with van der Waals surface area (Å²) in [5, 5.41) is 11.2. The van der Waals surface area contributed by atoms with E-state index in [2.05, 4.69) is 15.5 Å². The Morgan fingerprint density at radius 1 is 1.00 bits per heavy atom. The molecule has 2 aromatic carbocycles. The lowest BCUT2D eigenvalue weighted by atomic mass is 10.1. The maximum atomic E-state index is 12.7. The number of nitrogens with zero attached hydrogens (tertiary/aromatic N) is 4. The molecule has 5 rings (SSSR count). The predicted molar refractivity (Wildman–Crippen MR) is 128 cm³/mol. The maximum Gasteiger partial charge on any atom is 0.261 e. The molecule has 34 heavy (non-hydrogen) atoms. The Bertz CT molecular complexity index is 1240. The van der Waals surface area contributed by atoms with Crippen molar-refractivity contribution in [1.29, 1.82) is 0 Å². The molecular formula is C23H19N5O4S2. The second kappa shape index (κ2) is 9.35. The lowest BCUT2D eigenvalue weighted by Gasteiger charge is -2.16. The Labute approximate surface area is 203 Å². The lowest BCUT2D eigenvalue weighted by molar-refractivity contribution is -0.122. The van der Waals surface area contributed by atoms with Gasteiger partial charge in [-0.25, -0.2) is 0 Å². The van der Waals surface area contributed by atoms with Crippen LogP contribution in [-0.4, -0.2) is 57.6 Å². The van der Waals surface area contributed by atoms with Gasteiger partial charge < -0.3 is 10.2 Å². The van der Waals surface area contributed by atoms with Crippen LogP contribution in [-0.2, 0) is 9.59 Å². The molecule has 4 amide bonds. The van der Waals surface area contributed by atoms with E-state index in [1.54, 1.807) is 29.2 Å². The summed E-state index contributed by atoms with van der Waals surface area (Å²) in [5.41, 5.74) is 1.62. The fourth-order valence-electron chi connectivity index (χ4n) is 3.93. The molecule has 1 saturated heterocycles. The van der Waals surface area contributed by atoms with Crippen LogP contribution in [0.1, 0.15) is 27.1 Å². The van der Waals surface area contributed by atoms with Crippen LogP contribution in [0.5, 0.6) is 0 Å². The van der Waals surface area contributed by atoms with Crippen LogP contribution in [0.2, 0.25) is 0 Å². The topological polar surface area (TPSA) is 113 Å². The standard InChI is InChI=1S/C23H19N5O4S2/c29-18-12-14(13-28(18)15-6-2-1-3-7-15)19(30)24-22-25-26-23(34-22)33-11-10-27-20(31)16-8-4-5-9-17(16)21(27)32/h1-9,14H,10-13H2,(H,24,25,30)/t14-/m1/s1. The molecule has 11 heteroatoms. The maximum absolute atomic E-state index is 12.7. The Balaban J connectivity index is 1.13. The van der Waals surface area contributed by atoms with Crippen LogP contribution in [0.3, 0.4) is 0 Å². The average Bonchev–Trinajstić information content (AvgIpc) is 3.53. The summed E-state index contributed by atoms with van der Waals surface area (Å²) in [4.78, 5) is 52.7. The highest BCUT2D eigenvalue weighted by Gasteiger charge is 2.36. The fourth-order valence-corrected chi connectivity index (χ4v) is 5.68. The molecule has 1 atom stereocenters. The molecule has 2 aliphatic heterocycles. The zero-order chi connectivity index (χ0) is 23.7. The highest BCUT2D eigenvalue weighted by molar-refractivity contribution is 8.01. The normalized spacial score (nSPS) is 17.4. The molecule has 2 aliphatic rings. The highest BCUT2D eigenvalue weighted by Crippen LogP contribution is 2.29. The van der Waals surface area contributed by atoms with Gasteiger partial charge in [-0.2, -0.15) is 0 Å². The number of hydrogen-bond acceptors (Lipinski definition) is 8. The average molecular weight is 494 g/mol. The molecule has 172 valence electrons. The van der Waals surface area contributed by atoms with Gasteiger partial charge >= 0.3 is 0 Å². The number of anilines is 2. The minimum Gasteiger partial charge on any atom is -0.312 e. The molecular weight excluding hydrogens is 474 g/mol. The van der Waals surface area contributed by atoms with E-state index in [1.807, 2.05) is 30.3 Å². The number of benzene rings is 2. The van der Waals surface area contributed by atoms with E-state index < -0.39 is 5.92 Å². The lowest BCUT2D eigenvalue weighted by Crippen LogP contribution is -2.31. The van der Waals surface area contributed by atoms with Gasteiger partial charge in [-0.3, -0.25) is 24.1 Å². The van der Waals surface area contributed by atoms with Crippen molar-refractivity contribution >= 4 is 57.5 Å². The van der Waals surface area contributed by atoms with Gasteiger partial charge in [0.25, 0.3) is 11.8 Å². The van der Waals surface area contributed by atoms with Crippen LogP contribution in [0, 0.1) is 5.92 Å². The van der Waals surface area contributed by atoms with Gasteiger partial charge in [0.2, 0.25) is 16.9 Å². The predicted octanol–water partition coefficient (Wildman–Crippen LogP) is 2.92. The Kier molecular flexibility index (Phi) is 6.12. The van der Waals surface area contributed by atoms with Crippen molar-refractivity contribution in [2.75, 3.05) is 29.1 Å². The number of rotatable bonds is 7. The first-order valence-corrected chi connectivity index (χ1v) is 12.4. The minimum atomic E-state index is -0.471. The first kappa shape index (κ1) is 22.2. The summed E-state index contributed by atoms with van der Waals surface area (Å²) < 4.78 is 0.611. The van der Waals surface area contributed by atoms with Crippen molar-refractivity contribution in [1.82, 2.24) is 15.1 Å². The van der Waals surface area contributed by atoms with E-state index in [4.69, 9.17) is 0 Å². The SMILES string of the molecule is O=C(Nc1nnc(SCCN2C(=O)c3ccccc3C2=O)s1)[C@@H]1CC(=O)N(c2ccccc2)C1. The number of thioether (sulfide) groups is 1. The van der Waals surface area contributed by atoms with Crippen LogP contribution in [0.15, 0.2) is 58.9 Å². The number of fused-ring (bicyclic) bond motifs is 1. The number of nitrogens with one attached hydrogen (secondary N) is 1. The largest absolute Gasteiger partial charge is 0.312 e. The zero-order valence-corrected chi connectivity index (χ0v) is 19.5. The smallest absolute Gasteiger partial charge is 0.261 e. The van der Waals surface area contributed by atoms with Crippen molar-refractivity contribution < 1.29 is 19.2 Å². The summed E-state index contributed by atoms with van der Waals surface area (Å²) in [5.74, 6) is -0.957. The number of imide groups is 1. The Morgan fingerprint density at radius 3 is 2.38 bits per heavy atom. The number of para-hydroxylation sites is 1. The second-order valence-corrected chi connectivity index (χ2v) is 10.1. The second-order valence-electron chi connectivity index (χ2n) is 7.76. The van der Waals surface area contributed by atoms with Gasteiger partial charge in [0.15, 0.2) is 4.34 Å². The third kappa shape index (κ3) is 4.31. The summed E-state index contributed by atoms with van der Waals surface area (Å²) >= 11 is 2.56. The summed E-state index contributed by atoms with van der Waals surface area (Å²) in [6, 6.07) is 16.0. The van der Waals surface area contributed by atoms with Crippen molar-refractivity contribution in [3.8, 4) is 0 Å². The molecule has 0 spiro atoms. The number of aromatic nitrogens is 2. The molecule has 3 aromatic rings. The quantitative estimate of drug-likeness (QED) is 0.306. The van der Waals surface area contributed by atoms with Crippen molar-refractivity contribution in [2.24, 2.45) is 5.92 Å². The van der Waals surface area contributed by atoms with E-state index in [0.717, 1.165) is 5.69 Å². The fraction of sp³-hybridized carbons (Fsp3) is 0.217. The van der Waals surface area contributed by atoms with Crippen LogP contribution in [0.4, 0.5) is 10.8 Å². The highest BCUT2D eigenvalue weighted by atomic mass is 32.2. The first-order valence-electron chi connectivity index (χ1n) is 10.6. The number of hydrogen-bond donors (Lipinski definition) is 1. The summed E-state index contributed by atoms with van der Waals surface area (Å²) in [7, 11) is 0. The molecule has 0 aliphatic carbocycles. The minimum absolute atomic E-state index is 0.0898. The van der Waals surface area contributed by atoms with E-state index in [-0.39, 0.29) is 36.6 Å². The molecule has 1 fully saturated rings. The van der Waals surface area contributed by atoms with Gasteiger partial charge in [-0.05, 0) is 24.3 Å². The van der Waals surface area contributed by atoms with Gasteiger partial charge in [0, 0.05) is 31.0 Å². The van der Waals surface area contributed by atoms with Gasteiger partial charge in [0.1, 0.15) is 0 Å². The summed E-state index contributed by atoms with van der Waals surface area (Å²) in [6.07, 6.45) is 0.140. The van der Waals surface area contributed by atoms with Gasteiger partial charge in [0.05, 0.1) is 17.0 Å². The first-order chi connectivity index (χ1) is 16.5. The van der Waals surface area contributed by atoms with Gasteiger partial charge in [-0.15, -0.1) is 10.2 Å². The van der Waals surface area contributed by atoms with Gasteiger partial charge in [-0.1, -0.05) is 53.4 Å². The monoisotopic (exact) mass is 493 g/mol. The molecule has 0 bridgehead atoms. The molecule has 1 aromatic heterocycles. The van der Waals surface area contributed by atoms with E-state index in [0.29, 0.717) is 32.9 Å². The number of amides is 4. The zero-order valence-electron chi connectivity index (χ0n) is 17.8. The third-order valence-electron chi connectivity index (χ3n) is 5.62. The molecule has 0 unspecified atom stereocenters. The van der Waals surface area contributed by atoms with E-state index in [9.17, 15) is 19.2 Å². The molecule has 1 N–H and O–H groups in total. The Morgan fingerprint density at radius 2 is 1.68 bits per heavy atom. The number of carbonyl (C=O) groups is 4. The summed E-state index contributed by atoms with van der Waals surface area (Å²) in [6.45, 7) is 0.563. The molecule has 3 heterocycles. The number of carbonyl (C=O) groups excluding carboxylic acids is 4. The van der Waals surface area contributed by atoms with Crippen molar-refractivity contribution in [3.05, 3.63) is 65.7 Å². The van der Waals surface area contributed by atoms with Crippen molar-refractivity contribution in [3.63, 3.8) is 0 Å².